The van der Waals surface area contributed by atoms with Crippen molar-refractivity contribution in [2.24, 2.45) is 0 Å². The molecule has 2 rings (SSSR count). The number of nitrogens with zero attached hydrogens (tertiary/aromatic N) is 2. The van der Waals surface area contributed by atoms with E-state index in [0.717, 1.165) is 37.6 Å². The van der Waals surface area contributed by atoms with E-state index in [1.165, 1.54) is 0 Å². The summed E-state index contributed by atoms with van der Waals surface area (Å²) in [5.41, 5.74) is 1.10. The van der Waals surface area contributed by atoms with Crippen LogP contribution in [0.5, 0.6) is 5.75 Å². The van der Waals surface area contributed by atoms with Gasteiger partial charge in [-0.2, -0.15) is 0 Å². The topological polar surface area (TPSA) is 73.9 Å². The third kappa shape index (κ3) is 5.94. The summed E-state index contributed by atoms with van der Waals surface area (Å²) < 4.78 is 5.70. The number of benzene rings is 1. The molecule has 0 aromatic heterocycles. The number of ether oxygens (including phenoxy) is 1. The van der Waals surface area contributed by atoms with Crippen LogP contribution in [0.15, 0.2) is 24.3 Å². The smallest absolute Gasteiger partial charge is 0.239 e. The maximum absolute atomic E-state index is 11.9. The Morgan fingerprint density at radius 1 is 1.04 bits per heavy atom. The summed E-state index contributed by atoms with van der Waals surface area (Å²) in [5, 5.41) is 5.32. The number of carbonyl (C=O) groups excluding carboxylic acids is 2. The Morgan fingerprint density at radius 3 is 2.44 bits per heavy atom. The van der Waals surface area contributed by atoms with Crippen molar-refractivity contribution in [1.82, 2.24) is 15.5 Å². The lowest BCUT2D eigenvalue weighted by molar-refractivity contribution is -0.126. The molecule has 25 heavy (non-hydrogen) atoms. The number of anilines is 1. The van der Waals surface area contributed by atoms with E-state index in [2.05, 4.69) is 26.5 Å². The van der Waals surface area contributed by atoms with Crippen LogP contribution in [0.2, 0.25) is 0 Å². The van der Waals surface area contributed by atoms with Crippen LogP contribution >= 0.6 is 0 Å². The first kappa shape index (κ1) is 19.1. The number of likely N-dealkylation sites (N-methyl/N-ethyl adjacent to an activating group) is 1. The zero-order valence-electron chi connectivity index (χ0n) is 15.1. The number of rotatable bonds is 8. The number of hydrogen-bond acceptors (Lipinski definition) is 5. The number of piperazine rings is 1. The van der Waals surface area contributed by atoms with Crippen molar-refractivity contribution < 1.29 is 14.3 Å². The number of para-hydroxylation sites is 2. The second kappa shape index (κ2) is 9.88. The summed E-state index contributed by atoms with van der Waals surface area (Å²) in [6.45, 7) is 8.68. The van der Waals surface area contributed by atoms with Gasteiger partial charge in [0.15, 0.2) is 0 Å². The molecule has 0 aliphatic carbocycles. The highest BCUT2D eigenvalue weighted by molar-refractivity contribution is 5.85. The lowest BCUT2D eigenvalue weighted by Crippen LogP contribution is -2.50. The van der Waals surface area contributed by atoms with Crippen LogP contribution < -0.4 is 20.3 Å². The Bertz CT molecular complexity index is 571. The maximum atomic E-state index is 11.9. The second-order valence-electron chi connectivity index (χ2n) is 5.89. The second-order valence-corrected chi connectivity index (χ2v) is 5.89. The van der Waals surface area contributed by atoms with E-state index in [1.807, 2.05) is 32.0 Å². The number of amides is 2. The predicted molar refractivity (Wildman–Crippen MR) is 98.0 cm³/mol. The van der Waals surface area contributed by atoms with E-state index in [9.17, 15) is 9.59 Å². The average Bonchev–Trinajstić information content (AvgIpc) is 2.62. The maximum Gasteiger partial charge on any atom is 0.239 e. The molecule has 0 saturated carbocycles. The molecule has 1 aliphatic heterocycles. The zero-order chi connectivity index (χ0) is 18.1. The molecule has 0 unspecified atom stereocenters. The molecule has 7 nitrogen and oxygen atoms in total. The van der Waals surface area contributed by atoms with Gasteiger partial charge in [-0.05, 0) is 26.0 Å². The minimum absolute atomic E-state index is 0.0361. The fourth-order valence-corrected chi connectivity index (χ4v) is 2.84. The first-order chi connectivity index (χ1) is 12.1. The third-order valence-corrected chi connectivity index (χ3v) is 4.07. The van der Waals surface area contributed by atoms with Gasteiger partial charge >= 0.3 is 0 Å². The SMILES string of the molecule is CCNC(=O)CNC(=O)CN1CCN(c2ccccc2OCC)CC1. The molecule has 2 N–H and O–H groups in total. The van der Waals surface area contributed by atoms with Gasteiger partial charge in [-0.15, -0.1) is 0 Å². The third-order valence-electron chi connectivity index (χ3n) is 4.07. The lowest BCUT2D eigenvalue weighted by Gasteiger charge is -2.36. The fraction of sp³-hybridized carbons (Fsp3) is 0.556. The van der Waals surface area contributed by atoms with Gasteiger partial charge in [-0.1, -0.05) is 12.1 Å². The molecule has 1 aromatic rings. The van der Waals surface area contributed by atoms with Gasteiger partial charge in [0.25, 0.3) is 0 Å². The Kier molecular flexibility index (Phi) is 7.53. The summed E-state index contributed by atoms with van der Waals surface area (Å²) in [7, 11) is 0. The van der Waals surface area contributed by atoms with Gasteiger partial charge in [-0.25, -0.2) is 0 Å². The molecular formula is C18H28N4O3. The van der Waals surface area contributed by atoms with Crippen LogP contribution in [0.1, 0.15) is 13.8 Å². The Hall–Kier alpha value is -2.28. The zero-order valence-corrected chi connectivity index (χ0v) is 15.1. The summed E-state index contributed by atoms with van der Waals surface area (Å²) in [4.78, 5) is 27.7. The van der Waals surface area contributed by atoms with E-state index in [1.54, 1.807) is 0 Å². The Balaban J connectivity index is 1.78. The van der Waals surface area contributed by atoms with Gasteiger partial charge in [0.2, 0.25) is 11.8 Å². The minimum Gasteiger partial charge on any atom is -0.492 e. The van der Waals surface area contributed by atoms with Crippen LogP contribution in [-0.2, 0) is 9.59 Å². The van der Waals surface area contributed by atoms with Crippen LogP contribution in [0.4, 0.5) is 5.69 Å². The molecule has 0 radical (unpaired) electrons. The van der Waals surface area contributed by atoms with Crippen LogP contribution in [-0.4, -0.2) is 69.1 Å². The van der Waals surface area contributed by atoms with Crippen LogP contribution in [0, 0.1) is 0 Å². The normalized spacial score (nSPS) is 14.9. The van der Waals surface area contributed by atoms with Crippen molar-refractivity contribution in [3.05, 3.63) is 24.3 Å². The molecular weight excluding hydrogens is 320 g/mol. The average molecular weight is 348 g/mol. The first-order valence-electron chi connectivity index (χ1n) is 8.86. The molecule has 1 aliphatic rings. The highest BCUT2D eigenvalue weighted by Crippen LogP contribution is 2.28. The van der Waals surface area contributed by atoms with Crippen molar-refractivity contribution in [1.29, 1.82) is 0 Å². The van der Waals surface area contributed by atoms with Crippen molar-refractivity contribution >= 4 is 17.5 Å². The van der Waals surface area contributed by atoms with Gasteiger partial charge in [-0.3, -0.25) is 14.5 Å². The van der Waals surface area contributed by atoms with E-state index in [4.69, 9.17) is 4.74 Å². The molecule has 2 amide bonds. The van der Waals surface area contributed by atoms with E-state index >= 15 is 0 Å². The quantitative estimate of drug-likeness (QED) is 0.714. The molecule has 7 heteroatoms. The van der Waals surface area contributed by atoms with Crippen molar-refractivity contribution in [2.75, 3.05) is 57.3 Å². The molecule has 1 fully saturated rings. The van der Waals surface area contributed by atoms with Crippen LogP contribution in [0.3, 0.4) is 0 Å². The summed E-state index contributed by atoms with van der Waals surface area (Å²) >= 11 is 0. The summed E-state index contributed by atoms with van der Waals surface area (Å²) in [6, 6.07) is 8.04. The van der Waals surface area contributed by atoms with Gasteiger partial charge < -0.3 is 20.3 Å². The van der Waals surface area contributed by atoms with Gasteiger partial charge in [0.05, 0.1) is 25.4 Å². The molecule has 0 bridgehead atoms. The molecule has 0 atom stereocenters. The van der Waals surface area contributed by atoms with Crippen molar-refractivity contribution in [3.8, 4) is 5.75 Å². The fourth-order valence-electron chi connectivity index (χ4n) is 2.84. The summed E-state index contributed by atoms with van der Waals surface area (Å²) in [5.74, 6) is 0.626. The van der Waals surface area contributed by atoms with E-state index in [-0.39, 0.29) is 18.4 Å². The number of carbonyl (C=O) groups is 2. The minimum atomic E-state index is -0.159. The lowest BCUT2D eigenvalue weighted by atomic mass is 10.2. The summed E-state index contributed by atoms with van der Waals surface area (Å²) in [6.07, 6.45) is 0. The monoisotopic (exact) mass is 348 g/mol. The van der Waals surface area contributed by atoms with Crippen molar-refractivity contribution in [2.45, 2.75) is 13.8 Å². The molecule has 1 aromatic carbocycles. The predicted octanol–water partition coefficient (Wildman–Crippen LogP) is 0.460. The highest BCUT2D eigenvalue weighted by atomic mass is 16.5. The number of hydrogen-bond donors (Lipinski definition) is 2. The highest BCUT2D eigenvalue weighted by Gasteiger charge is 2.21. The largest absolute Gasteiger partial charge is 0.492 e. The molecule has 138 valence electrons. The standard InChI is InChI=1S/C18H28N4O3/c1-3-19-17(23)13-20-18(24)14-21-9-11-22(12-10-21)15-7-5-6-8-16(15)25-4-2/h5-8H,3-4,9-14H2,1-2H3,(H,19,23)(H,20,24). The Morgan fingerprint density at radius 2 is 1.76 bits per heavy atom. The number of nitrogens with one attached hydrogen (secondary N) is 2. The first-order valence-corrected chi connectivity index (χ1v) is 8.86. The van der Waals surface area contributed by atoms with E-state index < -0.39 is 0 Å². The van der Waals surface area contributed by atoms with Gasteiger partial charge in [0.1, 0.15) is 5.75 Å². The molecule has 1 heterocycles. The molecule has 0 spiro atoms. The van der Waals surface area contributed by atoms with E-state index in [0.29, 0.717) is 19.7 Å². The Labute approximate surface area is 149 Å². The van der Waals surface area contributed by atoms with Crippen molar-refractivity contribution in [3.63, 3.8) is 0 Å². The van der Waals surface area contributed by atoms with Crippen LogP contribution in [0.25, 0.3) is 0 Å². The molecule has 1 saturated heterocycles. The van der Waals surface area contributed by atoms with Gasteiger partial charge in [0, 0.05) is 32.7 Å².